The highest BCUT2D eigenvalue weighted by molar-refractivity contribution is 9.10. The van der Waals surface area contributed by atoms with Crippen LogP contribution in [-0.4, -0.2) is 37.0 Å². The first-order valence-corrected chi connectivity index (χ1v) is 7.78. The van der Waals surface area contributed by atoms with Crippen LogP contribution < -0.4 is 11.1 Å². The van der Waals surface area contributed by atoms with Crippen LogP contribution in [0.4, 0.5) is 10.1 Å². The number of rotatable bonds is 7. The Morgan fingerprint density at radius 3 is 2.71 bits per heavy atom. The Morgan fingerprint density at radius 1 is 1.48 bits per heavy atom. The molecule has 6 heteroatoms. The summed E-state index contributed by atoms with van der Waals surface area (Å²) in [5.74, 6) is -0.275. The van der Waals surface area contributed by atoms with Gasteiger partial charge in [-0.05, 0) is 44.1 Å². The monoisotopic (exact) mass is 359 g/mol. The maximum absolute atomic E-state index is 13.6. The zero-order valence-electron chi connectivity index (χ0n) is 12.7. The lowest BCUT2D eigenvalue weighted by atomic mass is 10.0. The predicted molar refractivity (Wildman–Crippen MR) is 87.7 cm³/mol. The van der Waals surface area contributed by atoms with E-state index in [-0.39, 0.29) is 24.2 Å². The summed E-state index contributed by atoms with van der Waals surface area (Å²) in [4.78, 5) is 13.8. The van der Waals surface area contributed by atoms with Crippen molar-refractivity contribution in [2.24, 2.45) is 11.7 Å². The highest BCUT2D eigenvalue weighted by atomic mass is 79.9. The minimum atomic E-state index is -0.456. The Kier molecular flexibility index (Phi) is 7.28. The minimum Gasteiger partial charge on any atom is -0.327 e. The second-order valence-corrected chi connectivity index (χ2v) is 6.52. The molecule has 1 rings (SSSR count). The highest BCUT2D eigenvalue weighted by Gasteiger charge is 2.12. The Morgan fingerprint density at radius 2 is 2.14 bits per heavy atom. The van der Waals surface area contributed by atoms with Crippen LogP contribution in [0.2, 0.25) is 0 Å². The van der Waals surface area contributed by atoms with Gasteiger partial charge in [0.05, 0.1) is 12.2 Å². The smallest absolute Gasteiger partial charge is 0.238 e. The van der Waals surface area contributed by atoms with Crippen LogP contribution in [0.1, 0.15) is 20.3 Å². The molecule has 1 unspecified atom stereocenters. The van der Waals surface area contributed by atoms with E-state index in [4.69, 9.17) is 5.73 Å². The molecule has 0 aliphatic rings. The summed E-state index contributed by atoms with van der Waals surface area (Å²) >= 11 is 3.18. The molecule has 21 heavy (non-hydrogen) atoms. The molecule has 0 saturated carbocycles. The molecule has 4 nitrogen and oxygen atoms in total. The van der Waals surface area contributed by atoms with Crippen molar-refractivity contribution < 1.29 is 9.18 Å². The van der Waals surface area contributed by atoms with Gasteiger partial charge in [0.25, 0.3) is 0 Å². The quantitative estimate of drug-likeness (QED) is 0.786. The molecule has 1 aromatic carbocycles. The largest absolute Gasteiger partial charge is 0.327 e. The first-order chi connectivity index (χ1) is 9.79. The summed E-state index contributed by atoms with van der Waals surface area (Å²) < 4.78 is 14.3. The maximum atomic E-state index is 13.6. The molecule has 0 fully saturated rings. The third kappa shape index (κ3) is 6.54. The molecule has 0 aliphatic carbocycles. The first-order valence-electron chi connectivity index (χ1n) is 6.98. The molecule has 0 saturated heterocycles. The zero-order chi connectivity index (χ0) is 16.0. The van der Waals surface area contributed by atoms with Gasteiger partial charge in [-0.25, -0.2) is 4.39 Å². The second-order valence-electron chi connectivity index (χ2n) is 5.61. The van der Waals surface area contributed by atoms with E-state index in [1.165, 1.54) is 12.1 Å². The Hall–Kier alpha value is -0.980. The van der Waals surface area contributed by atoms with E-state index in [1.54, 1.807) is 6.07 Å². The molecule has 0 heterocycles. The van der Waals surface area contributed by atoms with Crippen molar-refractivity contribution in [3.8, 4) is 0 Å². The summed E-state index contributed by atoms with van der Waals surface area (Å²) in [6.07, 6.45) is 0.827. The highest BCUT2D eigenvalue weighted by Crippen LogP contribution is 2.19. The van der Waals surface area contributed by atoms with Gasteiger partial charge in [0.1, 0.15) is 5.82 Å². The van der Waals surface area contributed by atoms with Crippen LogP contribution >= 0.6 is 15.9 Å². The van der Waals surface area contributed by atoms with Crippen molar-refractivity contribution in [3.63, 3.8) is 0 Å². The molecule has 3 N–H and O–H groups in total. The van der Waals surface area contributed by atoms with E-state index in [0.717, 1.165) is 13.0 Å². The number of halogens is 2. The molecular formula is C15H23BrFN3O. The van der Waals surface area contributed by atoms with E-state index >= 15 is 0 Å². The van der Waals surface area contributed by atoms with E-state index in [9.17, 15) is 9.18 Å². The summed E-state index contributed by atoms with van der Waals surface area (Å²) in [7, 11) is 1.85. The van der Waals surface area contributed by atoms with E-state index < -0.39 is 5.82 Å². The topological polar surface area (TPSA) is 58.4 Å². The van der Waals surface area contributed by atoms with Gasteiger partial charge in [-0.2, -0.15) is 0 Å². The molecule has 1 aromatic rings. The fraction of sp³-hybridized carbons (Fsp3) is 0.533. The van der Waals surface area contributed by atoms with Gasteiger partial charge < -0.3 is 11.1 Å². The number of likely N-dealkylation sites (N-methyl/N-ethyl adjacent to an activating group) is 1. The van der Waals surface area contributed by atoms with Gasteiger partial charge in [-0.15, -0.1) is 0 Å². The van der Waals surface area contributed by atoms with Crippen LogP contribution in [0.3, 0.4) is 0 Å². The molecule has 0 radical (unpaired) electrons. The normalized spacial score (nSPS) is 12.8. The standard InChI is InChI=1S/C15H23BrFN3O/c1-10(2)13(18)6-7-20(3)9-15(21)19-14-5-4-11(16)8-12(14)17/h4-5,8,10,13H,6-7,9,18H2,1-3H3,(H,19,21). The van der Waals surface area contributed by atoms with E-state index in [0.29, 0.717) is 10.4 Å². The Bertz CT molecular complexity index is 482. The van der Waals surface area contributed by atoms with Crippen LogP contribution in [0.5, 0.6) is 0 Å². The van der Waals surface area contributed by atoms with Crippen molar-refractivity contribution in [1.29, 1.82) is 0 Å². The van der Waals surface area contributed by atoms with E-state index in [1.807, 2.05) is 11.9 Å². The second kappa shape index (κ2) is 8.46. The Labute approximate surface area is 134 Å². The molecule has 118 valence electrons. The Balaban J connectivity index is 2.42. The number of carbonyl (C=O) groups is 1. The average Bonchev–Trinajstić information content (AvgIpc) is 2.39. The molecule has 1 atom stereocenters. The summed E-state index contributed by atoms with van der Waals surface area (Å²) in [6.45, 7) is 5.09. The van der Waals surface area contributed by atoms with Crippen LogP contribution in [0.25, 0.3) is 0 Å². The van der Waals surface area contributed by atoms with E-state index in [2.05, 4.69) is 35.1 Å². The molecule has 0 spiro atoms. The van der Waals surface area contributed by atoms with Gasteiger partial charge in [0.15, 0.2) is 0 Å². The number of benzene rings is 1. The van der Waals surface area contributed by atoms with Crippen molar-refractivity contribution in [2.75, 3.05) is 25.5 Å². The van der Waals surface area contributed by atoms with Crippen molar-refractivity contribution in [1.82, 2.24) is 4.90 Å². The number of amides is 1. The lowest BCUT2D eigenvalue weighted by molar-refractivity contribution is -0.117. The number of hydrogen-bond donors (Lipinski definition) is 2. The van der Waals surface area contributed by atoms with Gasteiger partial charge in [0, 0.05) is 10.5 Å². The maximum Gasteiger partial charge on any atom is 0.238 e. The number of nitrogens with one attached hydrogen (secondary N) is 1. The van der Waals surface area contributed by atoms with Crippen molar-refractivity contribution >= 4 is 27.5 Å². The third-order valence-corrected chi connectivity index (χ3v) is 3.81. The van der Waals surface area contributed by atoms with Crippen molar-refractivity contribution in [3.05, 3.63) is 28.5 Å². The molecule has 0 bridgehead atoms. The lowest BCUT2D eigenvalue weighted by Crippen LogP contribution is -2.35. The molecule has 1 amide bonds. The van der Waals surface area contributed by atoms with Crippen LogP contribution in [-0.2, 0) is 4.79 Å². The van der Waals surface area contributed by atoms with Crippen LogP contribution in [0.15, 0.2) is 22.7 Å². The minimum absolute atomic E-state index is 0.124. The fourth-order valence-electron chi connectivity index (χ4n) is 1.81. The first kappa shape index (κ1) is 18.1. The van der Waals surface area contributed by atoms with Crippen molar-refractivity contribution in [2.45, 2.75) is 26.3 Å². The summed E-state index contributed by atoms with van der Waals surface area (Å²) in [5, 5.41) is 2.57. The van der Waals surface area contributed by atoms with Gasteiger partial charge >= 0.3 is 0 Å². The SMILES string of the molecule is CC(C)C(N)CCN(C)CC(=O)Nc1ccc(Br)cc1F. The molecule has 0 aliphatic heterocycles. The summed E-state index contributed by atoms with van der Waals surface area (Å²) in [5.41, 5.74) is 6.16. The number of hydrogen-bond acceptors (Lipinski definition) is 3. The number of nitrogens with zero attached hydrogens (tertiary/aromatic N) is 1. The van der Waals surface area contributed by atoms with Gasteiger partial charge in [-0.1, -0.05) is 29.8 Å². The summed E-state index contributed by atoms with van der Waals surface area (Å²) in [6, 6.07) is 4.66. The van der Waals surface area contributed by atoms with Crippen LogP contribution in [0, 0.1) is 11.7 Å². The number of anilines is 1. The number of carbonyl (C=O) groups excluding carboxylic acids is 1. The lowest BCUT2D eigenvalue weighted by Gasteiger charge is -2.21. The predicted octanol–water partition coefficient (Wildman–Crippen LogP) is 2.83. The molecule has 0 aromatic heterocycles. The molecular weight excluding hydrogens is 337 g/mol. The third-order valence-electron chi connectivity index (χ3n) is 3.32. The number of nitrogens with two attached hydrogens (primary N) is 1. The zero-order valence-corrected chi connectivity index (χ0v) is 14.3. The van der Waals surface area contributed by atoms with Gasteiger partial charge in [0.2, 0.25) is 5.91 Å². The van der Waals surface area contributed by atoms with Gasteiger partial charge in [-0.3, -0.25) is 9.69 Å². The fourth-order valence-corrected chi connectivity index (χ4v) is 2.14. The average molecular weight is 360 g/mol.